The number of alkyl halides is 1. The zero-order valence-electron chi connectivity index (χ0n) is 7.27. The Morgan fingerprint density at radius 3 is 2.27 bits per heavy atom. The maximum Gasteiger partial charge on any atom is 0.261 e. The molecule has 0 aromatic rings. The summed E-state index contributed by atoms with van der Waals surface area (Å²) < 4.78 is 0. The van der Waals surface area contributed by atoms with Gasteiger partial charge in [-0.1, -0.05) is 0 Å². The Morgan fingerprint density at radius 2 is 2.00 bits per heavy atom. The van der Waals surface area contributed by atoms with Crippen LogP contribution in [0.2, 0.25) is 0 Å². The smallest absolute Gasteiger partial charge is 0.261 e. The van der Waals surface area contributed by atoms with Crippen LogP contribution in [-0.4, -0.2) is 16.9 Å². The van der Waals surface area contributed by atoms with Crippen LogP contribution in [0, 0.1) is 0 Å². The van der Waals surface area contributed by atoms with E-state index in [0.717, 1.165) is 0 Å². The van der Waals surface area contributed by atoms with Gasteiger partial charge in [0.05, 0.1) is 5.60 Å². The Hall–Kier alpha value is -0.280. The molecule has 1 atom stereocenters. The van der Waals surface area contributed by atoms with Crippen molar-refractivity contribution >= 4 is 17.5 Å². The van der Waals surface area contributed by atoms with E-state index in [1.807, 2.05) is 20.8 Å². The molecule has 0 saturated carbocycles. The third-order valence-corrected chi connectivity index (χ3v) is 1.02. The molecule has 1 unspecified atom stereocenters. The number of halogens is 1. The minimum absolute atomic E-state index is 0.318. The largest absolute Gasteiger partial charge is 0.271 e. The number of nitrogens with one attached hydrogen (secondary N) is 1. The molecule has 0 bridgehead atoms. The molecular formula is C7H14ClNO2. The van der Waals surface area contributed by atoms with Crippen LogP contribution in [0.3, 0.4) is 0 Å². The maximum absolute atomic E-state index is 10.8. The van der Waals surface area contributed by atoms with Crippen molar-refractivity contribution in [1.82, 2.24) is 5.48 Å². The molecule has 66 valence electrons. The van der Waals surface area contributed by atoms with Crippen molar-refractivity contribution in [1.29, 1.82) is 0 Å². The van der Waals surface area contributed by atoms with Crippen LogP contribution >= 0.6 is 11.6 Å². The molecule has 0 aliphatic carbocycles. The van der Waals surface area contributed by atoms with Crippen molar-refractivity contribution in [3.05, 3.63) is 0 Å². The SMILES string of the molecule is CC(Cl)C(=O)NOC(C)(C)C. The third-order valence-electron chi connectivity index (χ3n) is 0.819. The number of hydrogen-bond donors (Lipinski definition) is 1. The van der Waals surface area contributed by atoms with Crippen molar-refractivity contribution < 1.29 is 9.63 Å². The lowest BCUT2D eigenvalue weighted by Crippen LogP contribution is -2.36. The van der Waals surface area contributed by atoms with Gasteiger partial charge in [0.15, 0.2) is 0 Å². The summed E-state index contributed by atoms with van der Waals surface area (Å²) in [5.41, 5.74) is 1.88. The monoisotopic (exact) mass is 179 g/mol. The van der Waals surface area contributed by atoms with Gasteiger partial charge < -0.3 is 0 Å². The van der Waals surface area contributed by atoms with E-state index in [-0.39, 0.29) is 11.5 Å². The number of rotatable bonds is 2. The van der Waals surface area contributed by atoms with E-state index in [1.165, 1.54) is 0 Å². The fourth-order valence-electron chi connectivity index (χ4n) is 0.285. The second kappa shape index (κ2) is 3.93. The average Bonchev–Trinajstić information content (AvgIpc) is 1.80. The van der Waals surface area contributed by atoms with Gasteiger partial charge in [-0.05, 0) is 27.7 Å². The van der Waals surface area contributed by atoms with E-state index in [9.17, 15) is 4.79 Å². The summed E-state index contributed by atoms with van der Waals surface area (Å²) in [6, 6.07) is 0. The van der Waals surface area contributed by atoms with Crippen LogP contribution in [-0.2, 0) is 9.63 Å². The van der Waals surface area contributed by atoms with Crippen molar-refractivity contribution in [2.24, 2.45) is 0 Å². The van der Waals surface area contributed by atoms with Crippen LogP contribution in [0.25, 0.3) is 0 Å². The number of carbonyl (C=O) groups excluding carboxylic acids is 1. The molecule has 11 heavy (non-hydrogen) atoms. The van der Waals surface area contributed by atoms with Gasteiger partial charge in [-0.3, -0.25) is 9.63 Å². The Bertz CT molecular complexity index is 140. The van der Waals surface area contributed by atoms with Gasteiger partial charge in [0.25, 0.3) is 5.91 Å². The van der Waals surface area contributed by atoms with Crippen molar-refractivity contribution in [3.63, 3.8) is 0 Å². The fourth-order valence-corrected chi connectivity index (χ4v) is 0.329. The summed E-state index contributed by atoms with van der Waals surface area (Å²) >= 11 is 5.47. The summed E-state index contributed by atoms with van der Waals surface area (Å²) in [6.45, 7) is 7.10. The number of carbonyl (C=O) groups is 1. The van der Waals surface area contributed by atoms with Crippen LogP contribution in [0.15, 0.2) is 0 Å². The predicted octanol–water partition coefficient (Wildman–Crippen LogP) is 1.46. The van der Waals surface area contributed by atoms with Gasteiger partial charge in [-0.25, -0.2) is 5.48 Å². The molecule has 0 aromatic carbocycles. The first kappa shape index (κ1) is 10.7. The Kier molecular flexibility index (Phi) is 3.83. The standard InChI is InChI=1S/C7H14ClNO2/c1-5(8)6(10)9-11-7(2,3)4/h5H,1-4H3,(H,9,10). The molecular weight excluding hydrogens is 166 g/mol. The molecule has 1 amide bonds. The highest BCUT2D eigenvalue weighted by molar-refractivity contribution is 6.30. The lowest BCUT2D eigenvalue weighted by atomic mass is 10.2. The molecule has 0 spiro atoms. The molecule has 0 aromatic heterocycles. The molecule has 0 rings (SSSR count). The lowest BCUT2D eigenvalue weighted by Gasteiger charge is -2.19. The van der Waals surface area contributed by atoms with Gasteiger partial charge >= 0.3 is 0 Å². The molecule has 0 heterocycles. The second-order valence-electron chi connectivity index (χ2n) is 3.30. The third kappa shape index (κ3) is 6.13. The highest BCUT2D eigenvalue weighted by atomic mass is 35.5. The number of hydrogen-bond acceptors (Lipinski definition) is 2. The molecule has 0 aliphatic heterocycles. The van der Waals surface area contributed by atoms with Gasteiger partial charge in [0.2, 0.25) is 0 Å². The van der Waals surface area contributed by atoms with Crippen LogP contribution < -0.4 is 5.48 Å². The van der Waals surface area contributed by atoms with Gasteiger partial charge in [-0.2, -0.15) is 0 Å². The van der Waals surface area contributed by atoms with Crippen molar-refractivity contribution in [2.75, 3.05) is 0 Å². The highest BCUT2D eigenvalue weighted by Crippen LogP contribution is 2.04. The summed E-state index contributed by atoms with van der Waals surface area (Å²) in [4.78, 5) is 15.8. The summed E-state index contributed by atoms with van der Waals surface area (Å²) in [7, 11) is 0. The number of amides is 1. The van der Waals surface area contributed by atoms with E-state index in [1.54, 1.807) is 6.92 Å². The normalized spacial score (nSPS) is 14.3. The quantitative estimate of drug-likeness (QED) is 0.515. The maximum atomic E-state index is 10.8. The topological polar surface area (TPSA) is 38.3 Å². The summed E-state index contributed by atoms with van der Waals surface area (Å²) in [6.07, 6.45) is 0. The second-order valence-corrected chi connectivity index (χ2v) is 3.95. The Morgan fingerprint density at radius 1 is 1.55 bits per heavy atom. The average molecular weight is 180 g/mol. The molecule has 0 fully saturated rings. The van der Waals surface area contributed by atoms with E-state index in [0.29, 0.717) is 0 Å². The first-order chi connectivity index (χ1) is 4.83. The van der Waals surface area contributed by atoms with E-state index < -0.39 is 5.38 Å². The fraction of sp³-hybridized carbons (Fsp3) is 0.857. The van der Waals surface area contributed by atoms with Crippen molar-refractivity contribution in [3.8, 4) is 0 Å². The molecule has 0 aliphatic rings. The van der Waals surface area contributed by atoms with E-state index in [4.69, 9.17) is 16.4 Å². The number of hydroxylamine groups is 1. The van der Waals surface area contributed by atoms with Crippen LogP contribution in [0.5, 0.6) is 0 Å². The zero-order valence-corrected chi connectivity index (χ0v) is 8.03. The Balaban J connectivity index is 3.64. The zero-order chi connectivity index (χ0) is 9.07. The van der Waals surface area contributed by atoms with Crippen LogP contribution in [0.1, 0.15) is 27.7 Å². The molecule has 0 radical (unpaired) electrons. The van der Waals surface area contributed by atoms with E-state index in [2.05, 4.69) is 5.48 Å². The van der Waals surface area contributed by atoms with Crippen LogP contribution in [0.4, 0.5) is 0 Å². The summed E-state index contributed by atoms with van der Waals surface area (Å²) in [5, 5.41) is -0.558. The predicted molar refractivity (Wildman–Crippen MR) is 44.3 cm³/mol. The first-order valence-corrected chi connectivity index (χ1v) is 3.88. The first-order valence-electron chi connectivity index (χ1n) is 3.45. The molecule has 3 nitrogen and oxygen atoms in total. The molecule has 4 heteroatoms. The minimum atomic E-state index is -0.558. The summed E-state index contributed by atoms with van der Waals surface area (Å²) in [5.74, 6) is -0.318. The van der Waals surface area contributed by atoms with Crippen molar-refractivity contribution in [2.45, 2.75) is 38.7 Å². The minimum Gasteiger partial charge on any atom is -0.271 e. The molecule has 1 N–H and O–H groups in total. The van der Waals surface area contributed by atoms with Gasteiger partial charge in [0, 0.05) is 0 Å². The molecule has 0 saturated heterocycles. The van der Waals surface area contributed by atoms with E-state index >= 15 is 0 Å². The lowest BCUT2D eigenvalue weighted by molar-refractivity contribution is -0.144. The van der Waals surface area contributed by atoms with Gasteiger partial charge in [0.1, 0.15) is 5.38 Å². The van der Waals surface area contributed by atoms with Gasteiger partial charge in [-0.15, -0.1) is 11.6 Å². The highest BCUT2D eigenvalue weighted by Gasteiger charge is 2.15. The Labute approximate surface area is 72.0 Å².